The van der Waals surface area contributed by atoms with E-state index in [9.17, 15) is 9.59 Å². The number of para-hydroxylation sites is 1. The van der Waals surface area contributed by atoms with E-state index < -0.39 is 6.04 Å². The van der Waals surface area contributed by atoms with Gasteiger partial charge in [0.15, 0.2) is 5.13 Å². The lowest BCUT2D eigenvalue weighted by Crippen LogP contribution is -2.45. The minimum absolute atomic E-state index is 0.247. The molecular formula is C17H18N4O3S. The molecule has 0 fully saturated rings. The van der Waals surface area contributed by atoms with Gasteiger partial charge in [-0.15, -0.1) is 0 Å². The van der Waals surface area contributed by atoms with Crippen LogP contribution in [0.1, 0.15) is 17.3 Å². The monoisotopic (exact) mass is 358 g/mol. The Balaban J connectivity index is 1.40. The fraction of sp³-hybridized carbons (Fsp3) is 0.235. The van der Waals surface area contributed by atoms with E-state index >= 15 is 0 Å². The van der Waals surface area contributed by atoms with Gasteiger partial charge in [0, 0.05) is 13.1 Å². The van der Waals surface area contributed by atoms with E-state index in [1.165, 1.54) is 12.5 Å². The van der Waals surface area contributed by atoms with Crippen LogP contribution in [0.3, 0.4) is 0 Å². The van der Waals surface area contributed by atoms with Gasteiger partial charge in [0.2, 0.25) is 5.91 Å². The van der Waals surface area contributed by atoms with Crippen molar-refractivity contribution in [1.82, 2.24) is 15.6 Å². The maximum absolute atomic E-state index is 12.0. The zero-order chi connectivity index (χ0) is 17.6. The van der Waals surface area contributed by atoms with Crippen LogP contribution < -0.4 is 16.0 Å². The molecule has 0 bridgehead atoms. The molecule has 7 nitrogen and oxygen atoms in total. The number of thiazole rings is 1. The molecule has 0 unspecified atom stereocenters. The van der Waals surface area contributed by atoms with Crippen molar-refractivity contribution >= 4 is 38.5 Å². The van der Waals surface area contributed by atoms with Gasteiger partial charge >= 0.3 is 0 Å². The molecule has 130 valence electrons. The average Bonchev–Trinajstić information content (AvgIpc) is 3.27. The summed E-state index contributed by atoms with van der Waals surface area (Å²) >= 11 is 1.57. The quantitative estimate of drug-likeness (QED) is 0.563. The van der Waals surface area contributed by atoms with Gasteiger partial charge in [-0.1, -0.05) is 23.5 Å². The van der Waals surface area contributed by atoms with Crippen LogP contribution in [0, 0.1) is 0 Å². The normalized spacial score (nSPS) is 11.9. The highest BCUT2D eigenvalue weighted by Crippen LogP contribution is 2.24. The molecule has 0 spiro atoms. The lowest BCUT2D eigenvalue weighted by atomic mass is 10.2. The number of carbonyl (C=O) groups excluding carboxylic acids is 2. The summed E-state index contributed by atoms with van der Waals surface area (Å²) in [6.45, 7) is 2.61. The third-order valence-corrected chi connectivity index (χ3v) is 4.51. The van der Waals surface area contributed by atoms with Crippen molar-refractivity contribution in [2.24, 2.45) is 0 Å². The maximum atomic E-state index is 12.0. The molecule has 0 aliphatic heterocycles. The number of nitrogens with one attached hydrogen (secondary N) is 3. The highest BCUT2D eigenvalue weighted by atomic mass is 32.1. The first-order chi connectivity index (χ1) is 12.1. The summed E-state index contributed by atoms with van der Waals surface area (Å²) in [6.07, 6.45) is 2.75. The molecule has 0 aliphatic carbocycles. The van der Waals surface area contributed by atoms with E-state index in [0.29, 0.717) is 18.7 Å². The van der Waals surface area contributed by atoms with Crippen LogP contribution in [-0.4, -0.2) is 35.9 Å². The summed E-state index contributed by atoms with van der Waals surface area (Å²) in [6, 6.07) is 8.81. The molecule has 1 atom stereocenters. The molecule has 3 rings (SSSR count). The second-order valence-corrected chi connectivity index (χ2v) is 6.44. The number of carbonyl (C=O) groups is 2. The van der Waals surface area contributed by atoms with E-state index in [-0.39, 0.29) is 11.8 Å². The van der Waals surface area contributed by atoms with Crippen molar-refractivity contribution in [2.75, 3.05) is 18.4 Å². The van der Waals surface area contributed by atoms with Crippen LogP contribution in [0.25, 0.3) is 10.2 Å². The largest absolute Gasteiger partial charge is 0.472 e. The molecule has 0 radical (unpaired) electrons. The maximum Gasteiger partial charge on any atom is 0.255 e. The molecule has 0 saturated carbocycles. The summed E-state index contributed by atoms with van der Waals surface area (Å²) in [5.41, 5.74) is 1.34. The van der Waals surface area contributed by atoms with E-state index in [1.807, 2.05) is 24.3 Å². The molecule has 2 heterocycles. The van der Waals surface area contributed by atoms with Gasteiger partial charge < -0.3 is 20.4 Å². The molecule has 1 aromatic carbocycles. The van der Waals surface area contributed by atoms with E-state index in [1.54, 1.807) is 24.3 Å². The van der Waals surface area contributed by atoms with Crippen molar-refractivity contribution in [3.63, 3.8) is 0 Å². The lowest BCUT2D eigenvalue weighted by Gasteiger charge is -2.13. The average molecular weight is 358 g/mol. The van der Waals surface area contributed by atoms with Crippen molar-refractivity contribution < 1.29 is 14.0 Å². The Bertz CT molecular complexity index is 827. The summed E-state index contributed by atoms with van der Waals surface area (Å²) in [5.74, 6) is -0.591. The topological polar surface area (TPSA) is 96.3 Å². The molecule has 3 aromatic rings. The molecular weight excluding hydrogens is 340 g/mol. The number of anilines is 1. The lowest BCUT2D eigenvalue weighted by molar-refractivity contribution is -0.122. The number of hydrogen-bond acceptors (Lipinski definition) is 6. The van der Waals surface area contributed by atoms with Gasteiger partial charge in [0.05, 0.1) is 22.0 Å². The number of nitrogens with zero attached hydrogens (tertiary/aromatic N) is 1. The van der Waals surface area contributed by atoms with Gasteiger partial charge in [-0.25, -0.2) is 4.98 Å². The van der Waals surface area contributed by atoms with Crippen molar-refractivity contribution in [1.29, 1.82) is 0 Å². The Kier molecular flexibility index (Phi) is 5.30. The molecule has 2 amide bonds. The third-order valence-electron chi connectivity index (χ3n) is 3.52. The Labute approximate surface area is 148 Å². The van der Waals surface area contributed by atoms with Crippen molar-refractivity contribution in [2.45, 2.75) is 13.0 Å². The Morgan fingerprint density at radius 2 is 2.08 bits per heavy atom. The first-order valence-electron chi connectivity index (χ1n) is 7.83. The standard InChI is InChI=1S/C17H18N4O3S/c1-11(20-16(23)12-6-9-24-10-12)15(22)18-7-8-19-17-21-13-4-2-3-5-14(13)25-17/h2-6,9-11H,7-8H2,1H3,(H,18,22)(H,19,21)(H,20,23)/t11-/m0/s1. The van der Waals surface area contributed by atoms with Gasteiger partial charge in [-0.3, -0.25) is 9.59 Å². The van der Waals surface area contributed by atoms with Gasteiger partial charge in [-0.05, 0) is 25.1 Å². The molecule has 2 aromatic heterocycles. The zero-order valence-electron chi connectivity index (χ0n) is 13.6. The Morgan fingerprint density at radius 3 is 2.84 bits per heavy atom. The molecule has 3 N–H and O–H groups in total. The Hall–Kier alpha value is -2.87. The number of furan rings is 1. The van der Waals surface area contributed by atoms with Crippen molar-refractivity contribution in [3.8, 4) is 0 Å². The Morgan fingerprint density at radius 1 is 1.24 bits per heavy atom. The van der Waals surface area contributed by atoms with E-state index in [0.717, 1.165) is 15.3 Å². The van der Waals surface area contributed by atoms with E-state index in [2.05, 4.69) is 20.9 Å². The molecule has 0 aliphatic rings. The van der Waals surface area contributed by atoms with Crippen LogP contribution in [0.5, 0.6) is 0 Å². The SMILES string of the molecule is C[C@H](NC(=O)c1ccoc1)C(=O)NCCNc1nc2ccccc2s1. The summed E-state index contributed by atoms with van der Waals surface area (Å²) in [7, 11) is 0. The highest BCUT2D eigenvalue weighted by molar-refractivity contribution is 7.22. The summed E-state index contributed by atoms with van der Waals surface area (Å²) < 4.78 is 5.96. The predicted octanol–water partition coefficient (Wildman–Crippen LogP) is 2.24. The minimum atomic E-state index is -0.634. The number of hydrogen-bond donors (Lipinski definition) is 3. The number of rotatable bonds is 7. The van der Waals surface area contributed by atoms with E-state index in [4.69, 9.17) is 4.42 Å². The first-order valence-corrected chi connectivity index (χ1v) is 8.65. The fourth-order valence-electron chi connectivity index (χ4n) is 2.20. The second kappa shape index (κ2) is 7.80. The van der Waals surface area contributed by atoms with Gasteiger partial charge in [0.1, 0.15) is 12.3 Å². The number of amides is 2. The van der Waals surface area contributed by atoms with Crippen LogP contribution >= 0.6 is 11.3 Å². The smallest absolute Gasteiger partial charge is 0.255 e. The molecule has 8 heteroatoms. The predicted molar refractivity (Wildman–Crippen MR) is 96.8 cm³/mol. The highest BCUT2D eigenvalue weighted by Gasteiger charge is 2.16. The van der Waals surface area contributed by atoms with Crippen molar-refractivity contribution in [3.05, 3.63) is 48.4 Å². The van der Waals surface area contributed by atoms with Crippen LogP contribution in [0.4, 0.5) is 5.13 Å². The van der Waals surface area contributed by atoms with Crippen LogP contribution in [-0.2, 0) is 4.79 Å². The number of aromatic nitrogens is 1. The first kappa shape index (κ1) is 17.0. The van der Waals surface area contributed by atoms with Gasteiger partial charge in [-0.2, -0.15) is 0 Å². The fourth-order valence-corrected chi connectivity index (χ4v) is 3.09. The summed E-state index contributed by atoms with van der Waals surface area (Å²) in [5, 5.41) is 9.39. The van der Waals surface area contributed by atoms with Crippen LogP contribution in [0.2, 0.25) is 0 Å². The molecule has 0 saturated heterocycles. The van der Waals surface area contributed by atoms with Gasteiger partial charge in [0.25, 0.3) is 5.91 Å². The second-order valence-electron chi connectivity index (χ2n) is 5.41. The third kappa shape index (κ3) is 4.36. The minimum Gasteiger partial charge on any atom is -0.472 e. The number of benzene rings is 1. The number of fused-ring (bicyclic) bond motifs is 1. The summed E-state index contributed by atoms with van der Waals surface area (Å²) in [4.78, 5) is 28.3. The van der Waals surface area contributed by atoms with Crippen LogP contribution in [0.15, 0.2) is 47.3 Å². The molecule has 25 heavy (non-hydrogen) atoms. The zero-order valence-corrected chi connectivity index (χ0v) is 14.4.